The van der Waals surface area contributed by atoms with E-state index >= 15 is 0 Å². The molecule has 0 aromatic rings. The van der Waals surface area contributed by atoms with E-state index in [0.717, 1.165) is 37.5 Å². The van der Waals surface area contributed by atoms with E-state index in [4.69, 9.17) is 0 Å². The first kappa shape index (κ1) is 22.5. The lowest BCUT2D eigenvalue weighted by Gasteiger charge is -2.60. The van der Waals surface area contributed by atoms with Crippen molar-refractivity contribution in [3.63, 3.8) is 0 Å². The molecule has 0 aromatic carbocycles. The Labute approximate surface area is 191 Å². The van der Waals surface area contributed by atoms with Gasteiger partial charge in [0.15, 0.2) is 0 Å². The molecule has 2 N–H and O–H groups in total. The van der Waals surface area contributed by atoms with Gasteiger partial charge in [-0.3, -0.25) is 0 Å². The predicted molar refractivity (Wildman–Crippen MR) is 127 cm³/mol. The van der Waals surface area contributed by atoms with Crippen LogP contribution >= 0.6 is 0 Å². The first-order valence-electron chi connectivity index (χ1n) is 13.7. The van der Waals surface area contributed by atoms with E-state index in [-0.39, 0.29) is 23.0 Å². The fourth-order valence-corrected chi connectivity index (χ4v) is 9.86. The van der Waals surface area contributed by atoms with Crippen LogP contribution in [0.1, 0.15) is 105 Å². The average molecular weight is 429 g/mol. The topological polar surface area (TPSA) is 40.5 Å². The Bertz CT molecular complexity index is 720. The van der Waals surface area contributed by atoms with E-state index in [0.29, 0.717) is 29.1 Å². The highest BCUT2D eigenvalue weighted by Crippen LogP contribution is 2.72. The van der Waals surface area contributed by atoms with Crippen LogP contribution in [0.4, 0.5) is 0 Å². The van der Waals surface area contributed by atoms with Crippen molar-refractivity contribution in [3.05, 3.63) is 11.6 Å². The molecule has 4 fully saturated rings. The quantitative estimate of drug-likeness (QED) is 0.475. The second-order valence-corrected chi connectivity index (χ2v) is 13.5. The lowest BCUT2D eigenvalue weighted by Crippen LogP contribution is -2.54. The van der Waals surface area contributed by atoms with Crippen molar-refractivity contribution in [3.8, 4) is 0 Å². The maximum absolute atomic E-state index is 11.4. The summed E-state index contributed by atoms with van der Waals surface area (Å²) < 4.78 is 0. The Morgan fingerprint density at radius 1 is 1.00 bits per heavy atom. The molecule has 5 aliphatic carbocycles. The predicted octanol–water partition coefficient (Wildman–Crippen LogP) is 6.75. The van der Waals surface area contributed by atoms with E-state index in [9.17, 15) is 10.2 Å². The third-order valence-corrected chi connectivity index (χ3v) is 11.5. The molecule has 0 aromatic heterocycles. The van der Waals surface area contributed by atoms with Crippen molar-refractivity contribution in [2.45, 2.75) is 117 Å². The molecule has 2 heteroatoms. The molecule has 0 heterocycles. The second-order valence-electron chi connectivity index (χ2n) is 13.5. The molecule has 0 aliphatic heterocycles. The van der Waals surface area contributed by atoms with Crippen LogP contribution in [0, 0.1) is 51.8 Å². The van der Waals surface area contributed by atoms with Gasteiger partial charge in [0.05, 0.1) is 12.2 Å². The van der Waals surface area contributed by atoms with Gasteiger partial charge in [-0.05, 0) is 97.7 Å². The van der Waals surface area contributed by atoms with E-state index in [1.54, 1.807) is 5.57 Å². The summed E-state index contributed by atoms with van der Waals surface area (Å²) in [6.07, 6.45) is 15.7. The molecular formula is C29H48O2. The maximum Gasteiger partial charge on any atom is 0.0634 e. The summed E-state index contributed by atoms with van der Waals surface area (Å²) >= 11 is 0. The fraction of sp³-hybridized carbons (Fsp3) is 0.931. The van der Waals surface area contributed by atoms with Crippen LogP contribution in [-0.2, 0) is 0 Å². The van der Waals surface area contributed by atoms with Gasteiger partial charge < -0.3 is 10.2 Å². The maximum atomic E-state index is 11.4. The van der Waals surface area contributed by atoms with E-state index in [1.165, 1.54) is 44.9 Å². The normalized spacial score (nSPS) is 48.7. The number of allylic oxidation sites excluding steroid dienone is 1. The smallest absolute Gasteiger partial charge is 0.0634 e. The summed E-state index contributed by atoms with van der Waals surface area (Å²) in [6, 6.07) is 0. The summed E-state index contributed by atoms with van der Waals surface area (Å²) in [4.78, 5) is 0. The number of fused-ring (bicyclic) bond motifs is 6. The summed E-state index contributed by atoms with van der Waals surface area (Å²) in [5.74, 6) is 4.03. The highest BCUT2D eigenvalue weighted by molar-refractivity contribution is 5.37. The Hall–Kier alpha value is -0.340. The van der Waals surface area contributed by atoms with Crippen molar-refractivity contribution in [1.29, 1.82) is 0 Å². The summed E-state index contributed by atoms with van der Waals surface area (Å²) in [6.45, 7) is 12.3. The standard InChI is InChI=1S/C29H48O2/c1-18(2)7-6-8-19(3)22-17-23(30)26-20-9-10-24-27(4,21(20)11-13-28(22,26)5)14-12-25(31)29(24)15-16-29/h10,18-23,25-26,30-31H,6-9,11-17H2,1-5H3/t19-,20-,21+,22-,23+,25+,26-,27-,28-/m1/s1. The Morgan fingerprint density at radius 2 is 1.74 bits per heavy atom. The lowest BCUT2D eigenvalue weighted by atomic mass is 9.45. The average Bonchev–Trinajstić information content (AvgIpc) is 3.44. The molecule has 0 amide bonds. The molecule has 1 spiro atoms. The Kier molecular flexibility index (Phi) is 5.50. The highest BCUT2D eigenvalue weighted by Gasteiger charge is 2.66. The van der Waals surface area contributed by atoms with Crippen molar-refractivity contribution in [2.24, 2.45) is 51.8 Å². The van der Waals surface area contributed by atoms with Crippen LogP contribution in [0.5, 0.6) is 0 Å². The molecular weight excluding hydrogens is 380 g/mol. The van der Waals surface area contributed by atoms with E-state index < -0.39 is 0 Å². The summed E-state index contributed by atoms with van der Waals surface area (Å²) in [5.41, 5.74) is 2.35. The molecule has 31 heavy (non-hydrogen) atoms. The first-order chi connectivity index (χ1) is 14.6. The van der Waals surface area contributed by atoms with Gasteiger partial charge in [0, 0.05) is 5.41 Å². The molecule has 0 bridgehead atoms. The van der Waals surface area contributed by atoms with Gasteiger partial charge in [0.2, 0.25) is 0 Å². The molecule has 2 nitrogen and oxygen atoms in total. The second kappa shape index (κ2) is 7.59. The van der Waals surface area contributed by atoms with Crippen LogP contribution in [-0.4, -0.2) is 22.4 Å². The van der Waals surface area contributed by atoms with Crippen molar-refractivity contribution in [2.75, 3.05) is 0 Å². The van der Waals surface area contributed by atoms with E-state index in [2.05, 4.69) is 40.7 Å². The zero-order valence-corrected chi connectivity index (χ0v) is 20.9. The number of hydrogen-bond donors (Lipinski definition) is 2. The first-order valence-corrected chi connectivity index (χ1v) is 13.7. The Balaban J connectivity index is 1.39. The SMILES string of the molecule is CC(C)CCC[C@@H](C)[C@H]1C[C@H](O)[C@H]2[C@@H]3CC=C4C5(CC5)[C@@H](O)CC[C@]4(C)[C@H]3CC[C@@]21C. The van der Waals surface area contributed by atoms with Crippen molar-refractivity contribution < 1.29 is 10.2 Å². The zero-order valence-electron chi connectivity index (χ0n) is 20.9. The molecule has 5 aliphatic rings. The van der Waals surface area contributed by atoms with Crippen LogP contribution in [0.3, 0.4) is 0 Å². The Morgan fingerprint density at radius 3 is 2.42 bits per heavy atom. The van der Waals surface area contributed by atoms with Gasteiger partial charge >= 0.3 is 0 Å². The molecule has 5 rings (SSSR count). The molecule has 176 valence electrons. The van der Waals surface area contributed by atoms with Crippen LogP contribution in [0.2, 0.25) is 0 Å². The molecule has 4 saturated carbocycles. The van der Waals surface area contributed by atoms with Gasteiger partial charge in [-0.1, -0.05) is 65.5 Å². The van der Waals surface area contributed by atoms with Gasteiger partial charge in [0.25, 0.3) is 0 Å². The minimum atomic E-state index is -0.113. The minimum Gasteiger partial charge on any atom is -0.393 e. The van der Waals surface area contributed by atoms with Crippen molar-refractivity contribution >= 4 is 0 Å². The third-order valence-electron chi connectivity index (χ3n) is 11.5. The zero-order chi connectivity index (χ0) is 22.2. The summed E-state index contributed by atoms with van der Waals surface area (Å²) in [7, 11) is 0. The van der Waals surface area contributed by atoms with Gasteiger partial charge in [-0.25, -0.2) is 0 Å². The minimum absolute atomic E-state index is 0.106. The fourth-order valence-electron chi connectivity index (χ4n) is 9.86. The third kappa shape index (κ3) is 3.24. The summed E-state index contributed by atoms with van der Waals surface area (Å²) in [5, 5.41) is 22.2. The molecule has 9 atom stereocenters. The monoisotopic (exact) mass is 428 g/mol. The lowest BCUT2D eigenvalue weighted by molar-refractivity contribution is -0.0898. The molecule has 0 unspecified atom stereocenters. The van der Waals surface area contributed by atoms with Crippen molar-refractivity contribution in [1.82, 2.24) is 0 Å². The van der Waals surface area contributed by atoms with Crippen LogP contribution < -0.4 is 0 Å². The molecule has 0 saturated heterocycles. The highest BCUT2D eigenvalue weighted by atomic mass is 16.3. The number of aliphatic hydroxyl groups is 2. The van der Waals surface area contributed by atoms with E-state index in [1.807, 2.05) is 0 Å². The van der Waals surface area contributed by atoms with Gasteiger partial charge in [-0.15, -0.1) is 0 Å². The van der Waals surface area contributed by atoms with Gasteiger partial charge in [0.1, 0.15) is 0 Å². The van der Waals surface area contributed by atoms with Crippen LogP contribution in [0.25, 0.3) is 0 Å². The molecule has 0 radical (unpaired) electrons. The van der Waals surface area contributed by atoms with Gasteiger partial charge in [-0.2, -0.15) is 0 Å². The number of aliphatic hydroxyl groups excluding tert-OH is 2. The number of hydrogen-bond acceptors (Lipinski definition) is 2. The number of rotatable bonds is 5. The largest absolute Gasteiger partial charge is 0.393 e. The van der Waals surface area contributed by atoms with Crippen LogP contribution in [0.15, 0.2) is 11.6 Å².